The molecule has 0 aliphatic carbocycles. The highest BCUT2D eigenvalue weighted by molar-refractivity contribution is 4.91. The van der Waals surface area contributed by atoms with Gasteiger partial charge in [0.2, 0.25) is 0 Å². The van der Waals surface area contributed by atoms with Crippen LogP contribution in [-0.2, 0) is 0 Å². The fraction of sp³-hybridized carbons (Fsp3) is 0.778. The lowest BCUT2D eigenvalue weighted by atomic mass is 10.1. The minimum absolute atomic E-state index is 0.733. The Balaban J connectivity index is 2.42. The summed E-state index contributed by atoms with van der Waals surface area (Å²) in [4.78, 5) is 4.61. The van der Waals surface area contributed by atoms with Crippen LogP contribution in [0, 0.1) is 0 Å². The fourth-order valence-electron chi connectivity index (χ4n) is 1.55. The van der Waals surface area contributed by atoms with Crippen LogP contribution in [0.4, 0.5) is 0 Å². The third kappa shape index (κ3) is 1.88. The van der Waals surface area contributed by atoms with Crippen molar-refractivity contribution >= 4 is 0 Å². The van der Waals surface area contributed by atoms with E-state index >= 15 is 0 Å². The van der Waals surface area contributed by atoms with Crippen molar-refractivity contribution in [3.8, 4) is 0 Å². The lowest BCUT2D eigenvalue weighted by Gasteiger charge is -2.26. The van der Waals surface area contributed by atoms with Crippen LogP contribution < -0.4 is 0 Å². The molecule has 0 N–H and O–H groups in total. The Morgan fingerprint density at radius 2 is 1.91 bits per heavy atom. The van der Waals surface area contributed by atoms with E-state index in [2.05, 4.69) is 43.1 Å². The zero-order valence-corrected chi connectivity index (χ0v) is 7.75. The predicted octanol–water partition coefficient (Wildman–Crippen LogP) is 1.85. The molecule has 2 heteroatoms. The first-order valence-corrected chi connectivity index (χ1v) is 4.42. The highest BCUT2D eigenvalue weighted by Crippen LogP contribution is 2.13. The van der Waals surface area contributed by atoms with Crippen LogP contribution in [0.3, 0.4) is 0 Å². The second-order valence-electron chi connectivity index (χ2n) is 3.18. The summed E-state index contributed by atoms with van der Waals surface area (Å²) in [6, 6.07) is 0.733. The van der Waals surface area contributed by atoms with E-state index in [1.54, 1.807) is 0 Å². The molecule has 11 heavy (non-hydrogen) atoms. The van der Waals surface area contributed by atoms with Crippen molar-refractivity contribution in [2.24, 2.45) is 0 Å². The van der Waals surface area contributed by atoms with Crippen molar-refractivity contribution in [1.29, 1.82) is 0 Å². The molecule has 0 spiro atoms. The Labute approximate surface area is 69.5 Å². The Morgan fingerprint density at radius 1 is 1.27 bits per heavy atom. The van der Waals surface area contributed by atoms with E-state index in [9.17, 15) is 0 Å². The fourth-order valence-corrected chi connectivity index (χ4v) is 1.55. The first-order chi connectivity index (χ1) is 5.27. The zero-order chi connectivity index (χ0) is 8.27. The summed E-state index contributed by atoms with van der Waals surface area (Å²) >= 11 is 0. The van der Waals surface area contributed by atoms with Crippen LogP contribution in [-0.4, -0.2) is 29.6 Å². The van der Waals surface area contributed by atoms with Crippen molar-refractivity contribution in [3.05, 3.63) is 12.4 Å². The first kappa shape index (κ1) is 8.44. The third-order valence-corrected chi connectivity index (χ3v) is 2.31. The van der Waals surface area contributed by atoms with Gasteiger partial charge in [-0.25, -0.2) is 0 Å². The molecular weight excluding hydrogens is 136 g/mol. The Morgan fingerprint density at radius 3 is 2.27 bits per heavy atom. The van der Waals surface area contributed by atoms with E-state index in [0.717, 1.165) is 12.7 Å². The van der Waals surface area contributed by atoms with E-state index in [1.807, 2.05) is 0 Å². The number of hydrogen-bond acceptors (Lipinski definition) is 2. The Hall–Kier alpha value is -0.660. The standard InChI is InChI=1S/C9H18N2/c1-4-9(5-2)11-7-6-10(3)8-11/h6-7,9H,4-5,8H2,1-3H3. The minimum Gasteiger partial charge on any atom is -0.362 e. The summed E-state index contributed by atoms with van der Waals surface area (Å²) in [7, 11) is 2.11. The van der Waals surface area contributed by atoms with Crippen LogP contribution in [0.2, 0.25) is 0 Å². The van der Waals surface area contributed by atoms with E-state index < -0.39 is 0 Å². The molecular formula is C9H18N2. The summed E-state index contributed by atoms with van der Waals surface area (Å²) in [5.41, 5.74) is 0. The van der Waals surface area contributed by atoms with Gasteiger partial charge in [0.05, 0.1) is 6.67 Å². The second kappa shape index (κ2) is 3.65. The van der Waals surface area contributed by atoms with Crippen molar-refractivity contribution in [1.82, 2.24) is 9.80 Å². The Kier molecular flexibility index (Phi) is 2.80. The lowest BCUT2D eigenvalue weighted by molar-refractivity contribution is 0.220. The van der Waals surface area contributed by atoms with Gasteiger partial charge in [-0.15, -0.1) is 0 Å². The van der Waals surface area contributed by atoms with Gasteiger partial charge >= 0.3 is 0 Å². The van der Waals surface area contributed by atoms with Gasteiger partial charge < -0.3 is 9.80 Å². The summed E-state index contributed by atoms with van der Waals surface area (Å²) < 4.78 is 0. The monoisotopic (exact) mass is 154 g/mol. The molecule has 2 nitrogen and oxygen atoms in total. The molecule has 64 valence electrons. The zero-order valence-electron chi connectivity index (χ0n) is 7.75. The number of rotatable bonds is 3. The smallest absolute Gasteiger partial charge is 0.0893 e. The molecule has 0 aromatic heterocycles. The SMILES string of the molecule is CCC(CC)N1C=CN(C)C1. The molecule has 0 amide bonds. The molecule has 0 atom stereocenters. The van der Waals surface area contributed by atoms with Crippen molar-refractivity contribution in [2.75, 3.05) is 13.7 Å². The average Bonchev–Trinajstić information content (AvgIpc) is 2.39. The molecule has 0 aromatic carbocycles. The summed E-state index contributed by atoms with van der Waals surface area (Å²) in [6.45, 7) is 5.56. The summed E-state index contributed by atoms with van der Waals surface area (Å²) in [6.07, 6.45) is 6.82. The molecule has 1 rings (SSSR count). The highest BCUT2D eigenvalue weighted by Gasteiger charge is 2.15. The normalized spacial score (nSPS) is 17.1. The molecule has 0 aromatic rings. The van der Waals surface area contributed by atoms with Gasteiger partial charge in [-0.1, -0.05) is 13.8 Å². The van der Waals surface area contributed by atoms with Crippen LogP contribution in [0.25, 0.3) is 0 Å². The van der Waals surface area contributed by atoms with Gasteiger partial charge in [0.1, 0.15) is 0 Å². The average molecular weight is 154 g/mol. The summed E-state index contributed by atoms with van der Waals surface area (Å²) in [5, 5.41) is 0. The largest absolute Gasteiger partial charge is 0.362 e. The van der Waals surface area contributed by atoms with E-state index in [4.69, 9.17) is 0 Å². The quantitative estimate of drug-likeness (QED) is 0.612. The molecule has 0 saturated carbocycles. The van der Waals surface area contributed by atoms with Crippen LogP contribution in [0.15, 0.2) is 12.4 Å². The molecule has 1 aliphatic heterocycles. The third-order valence-electron chi connectivity index (χ3n) is 2.31. The van der Waals surface area contributed by atoms with Gasteiger partial charge in [-0.05, 0) is 12.8 Å². The first-order valence-electron chi connectivity index (χ1n) is 4.42. The van der Waals surface area contributed by atoms with Crippen LogP contribution in [0.5, 0.6) is 0 Å². The molecule has 1 heterocycles. The second-order valence-corrected chi connectivity index (χ2v) is 3.18. The maximum absolute atomic E-state index is 2.40. The maximum Gasteiger partial charge on any atom is 0.0893 e. The number of hydrogen-bond donors (Lipinski definition) is 0. The molecule has 0 fully saturated rings. The lowest BCUT2D eigenvalue weighted by Crippen LogP contribution is -2.31. The highest BCUT2D eigenvalue weighted by atomic mass is 15.3. The van der Waals surface area contributed by atoms with Crippen molar-refractivity contribution < 1.29 is 0 Å². The molecule has 1 aliphatic rings. The van der Waals surface area contributed by atoms with Crippen LogP contribution in [0.1, 0.15) is 26.7 Å². The maximum atomic E-state index is 2.40. The molecule has 0 bridgehead atoms. The van der Waals surface area contributed by atoms with E-state index in [1.165, 1.54) is 12.8 Å². The molecule has 0 radical (unpaired) electrons. The van der Waals surface area contributed by atoms with Gasteiger partial charge in [0, 0.05) is 25.5 Å². The molecule has 0 saturated heterocycles. The van der Waals surface area contributed by atoms with Gasteiger partial charge in [0.25, 0.3) is 0 Å². The minimum atomic E-state index is 0.733. The molecule has 0 unspecified atom stereocenters. The summed E-state index contributed by atoms with van der Waals surface area (Å²) in [5.74, 6) is 0. The number of nitrogens with zero attached hydrogens (tertiary/aromatic N) is 2. The van der Waals surface area contributed by atoms with Crippen molar-refractivity contribution in [3.63, 3.8) is 0 Å². The van der Waals surface area contributed by atoms with Gasteiger partial charge in [-0.2, -0.15) is 0 Å². The van der Waals surface area contributed by atoms with Crippen LogP contribution >= 0.6 is 0 Å². The van der Waals surface area contributed by atoms with Gasteiger partial charge in [-0.3, -0.25) is 0 Å². The predicted molar refractivity (Wildman–Crippen MR) is 48.0 cm³/mol. The topological polar surface area (TPSA) is 6.48 Å². The van der Waals surface area contributed by atoms with Crippen molar-refractivity contribution in [2.45, 2.75) is 32.7 Å². The van der Waals surface area contributed by atoms with Gasteiger partial charge in [0.15, 0.2) is 0 Å². The van der Waals surface area contributed by atoms with E-state index in [-0.39, 0.29) is 0 Å². The Bertz CT molecular complexity index is 138. The van der Waals surface area contributed by atoms with E-state index in [0.29, 0.717) is 0 Å².